The Bertz CT molecular complexity index is 511. The maximum atomic E-state index is 6.68. The molecule has 0 aromatic carbocycles. The summed E-state index contributed by atoms with van der Waals surface area (Å²) in [5.74, 6) is 0.729. The van der Waals surface area contributed by atoms with Crippen molar-refractivity contribution in [3.05, 3.63) is 42.5 Å². The predicted octanol–water partition coefficient (Wildman–Crippen LogP) is 2.37. The fraction of sp³-hybridized carbons (Fsp3) is 0.588. The van der Waals surface area contributed by atoms with Gasteiger partial charge in [0.25, 0.3) is 0 Å². The first kappa shape index (κ1) is 14.5. The molecule has 1 fully saturated rings. The van der Waals surface area contributed by atoms with Gasteiger partial charge >= 0.3 is 0 Å². The van der Waals surface area contributed by atoms with Crippen molar-refractivity contribution in [2.45, 2.75) is 56.7 Å². The molecule has 0 radical (unpaired) electrons. The first-order valence-electron chi connectivity index (χ1n) is 8.06. The van der Waals surface area contributed by atoms with Gasteiger partial charge in [-0.1, -0.05) is 50.3 Å². The van der Waals surface area contributed by atoms with Crippen molar-refractivity contribution in [1.82, 2.24) is 9.55 Å². The summed E-state index contributed by atoms with van der Waals surface area (Å²) >= 11 is 0. The highest BCUT2D eigenvalue weighted by Gasteiger charge is 2.34. The molecule has 0 amide bonds. The molecule has 0 spiro atoms. The van der Waals surface area contributed by atoms with E-state index in [0.29, 0.717) is 0 Å². The molecule has 0 bridgehead atoms. The number of imidazole rings is 1. The molecule has 4 nitrogen and oxygen atoms in total. The minimum absolute atomic E-state index is 0.0778. The van der Waals surface area contributed by atoms with Crippen LogP contribution in [0.1, 0.15) is 38.5 Å². The van der Waals surface area contributed by atoms with Crippen molar-refractivity contribution in [3.63, 3.8) is 0 Å². The summed E-state index contributed by atoms with van der Waals surface area (Å²) in [5.41, 5.74) is 13.8. The summed E-state index contributed by atoms with van der Waals surface area (Å²) in [5, 5.41) is 0. The number of nitrogens with zero attached hydrogens (tertiary/aromatic N) is 2. The molecule has 2 aliphatic rings. The highest BCUT2D eigenvalue weighted by Crippen LogP contribution is 2.33. The molecule has 0 saturated heterocycles. The van der Waals surface area contributed by atoms with Crippen LogP contribution in [0.5, 0.6) is 0 Å². The average Bonchev–Trinajstić information content (AvgIpc) is 2.97. The quantitative estimate of drug-likeness (QED) is 0.892. The van der Waals surface area contributed by atoms with E-state index in [1.165, 1.54) is 37.7 Å². The molecule has 1 aromatic rings. The van der Waals surface area contributed by atoms with Gasteiger partial charge in [-0.2, -0.15) is 0 Å². The normalized spacial score (nSPS) is 30.4. The number of nitrogens with two attached hydrogens (primary N) is 2. The van der Waals surface area contributed by atoms with Crippen molar-refractivity contribution in [1.29, 1.82) is 0 Å². The number of hydrogen-bond donors (Lipinski definition) is 2. The lowest BCUT2D eigenvalue weighted by atomic mass is 9.74. The molecular weight excluding hydrogens is 260 g/mol. The lowest BCUT2D eigenvalue weighted by Crippen LogP contribution is -2.55. The standard InChI is InChI=1S/C17H26N4/c18-16-7-6-15(12-21-9-8-20-13-21)11-17(16,19)10-14-4-2-1-3-5-14/h6-9,11,13-14,16H,1-5,10,12,18-19H2. The molecule has 1 saturated carbocycles. The summed E-state index contributed by atoms with van der Waals surface area (Å²) in [6, 6.07) is -0.0778. The van der Waals surface area contributed by atoms with Gasteiger partial charge in [0.1, 0.15) is 0 Å². The van der Waals surface area contributed by atoms with E-state index in [9.17, 15) is 0 Å². The Labute approximate surface area is 126 Å². The Kier molecular flexibility index (Phi) is 4.27. The molecule has 2 atom stereocenters. The predicted molar refractivity (Wildman–Crippen MR) is 85.5 cm³/mol. The van der Waals surface area contributed by atoms with E-state index in [1.807, 2.05) is 12.5 Å². The van der Waals surface area contributed by atoms with Crippen molar-refractivity contribution in [2.75, 3.05) is 0 Å². The van der Waals surface area contributed by atoms with E-state index < -0.39 is 5.54 Å². The molecule has 2 unspecified atom stereocenters. The van der Waals surface area contributed by atoms with Crippen molar-refractivity contribution < 1.29 is 0 Å². The molecule has 3 rings (SSSR count). The van der Waals surface area contributed by atoms with Gasteiger partial charge in [0.15, 0.2) is 0 Å². The lowest BCUT2D eigenvalue weighted by Gasteiger charge is -2.38. The number of allylic oxidation sites excluding steroid dienone is 2. The Balaban J connectivity index is 1.72. The second-order valence-electron chi connectivity index (χ2n) is 6.66. The first-order valence-corrected chi connectivity index (χ1v) is 8.06. The Morgan fingerprint density at radius 3 is 2.81 bits per heavy atom. The molecule has 1 heterocycles. The van der Waals surface area contributed by atoms with Crippen LogP contribution in [0.4, 0.5) is 0 Å². The molecule has 4 heteroatoms. The second kappa shape index (κ2) is 6.16. The monoisotopic (exact) mass is 286 g/mol. The van der Waals surface area contributed by atoms with E-state index in [-0.39, 0.29) is 6.04 Å². The molecule has 21 heavy (non-hydrogen) atoms. The van der Waals surface area contributed by atoms with Gasteiger partial charge in [0.05, 0.1) is 11.9 Å². The second-order valence-corrected chi connectivity index (χ2v) is 6.66. The molecule has 1 aromatic heterocycles. The molecular formula is C17H26N4. The fourth-order valence-electron chi connectivity index (χ4n) is 3.67. The SMILES string of the molecule is NC1C=CC(Cn2ccnc2)=CC1(N)CC1CCCCC1. The Morgan fingerprint density at radius 2 is 2.10 bits per heavy atom. The molecule has 114 valence electrons. The number of rotatable bonds is 4. The summed E-state index contributed by atoms with van der Waals surface area (Å²) < 4.78 is 2.06. The minimum Gasteiger partial charge on any atom is -0.333 e. The largest absolute Gasteiger partial charge is 0.333 e. The van der Waals surface area contributed by atoms with Gasteiger partial charge in [-0.3, -0.25) is 0 Å². The van der Waals surface area contributed by atoms with Crippen LogP contribution in [0.15, 0.2) is 42.5 Å². The zero-order valence-electron chi connectivity index (χ0n) is 12.6. The van der Waals surface area contributed by atoms with Crippen LogP contribution in [-0.2, 0) is 6.54 Å². The third-order valence-corrected chi connectivity index (χ3v) is 4.88. The maximum absolute atomic E-state index is 6.68. The highest BCUT2D eigenvalue weighted by molar-refractivity contribution is 5.34. The van der Waals surface area contributed by atoms with E-state index in [2.05, 4.69) is 27.8 Å². The van der Waals surface area contributed by atoms with Gasteiger partial charge in [0.2, 0.25) is 0 Å². The summed E-state index contributed by atoms with van der Waals surface area (Å²) in [6.07, 6.45) is 19.7. The van der Waals surface area contributed by atoms with Crippen molar-refractivity contribution >= 4 is 0 Å². The minimum atomic E-state index is -0.396. The van der Waals surface area contributed by atoms with Crippen LogP contribution < -0.4 is 11.5 Å². The number of hydrogen-bond acceptors (Lipinski definition) is 3. The van der Waals surface area contributed by atoms with Crippen LogP contribution >= 0.6 is 0 Å². The van der Waals surface area contributed by atoms with E-state index in [4.69, 9.17) is 11.5 Å². The molecule has 2 aliphatic carbocycles. The van der Waals surface area contributed by atoms with Crippen LogP contribution in [0, 0.1) is 5.92 Å². The Morgan fingerprint density at radius 1 is 1.29 bits per heavy atom. The smallest absolute Gasteiger partial charge is 0.0949 e. The van der Waals surface area contributed by atoms with Gasteiger partial charge in [-0.05, 0) is 17.9 Å². The summed E-state index contributed by atoms with van der Waals surface area (Å²) in [7, 11) is 0. The van der Waals surface area contributed by atoms with Gasteiger partial charge in [-0.25, -0.2) is 4.98 Å². The zero-order valence-corrected chi connectivity index (χ0v) is 12.6. The summed E-state index contributed by atoms with van der Waals surface area (Å²) in [4.78, 5) is 4.09. The fourth-order valence-corrected chi connectivity index (χ4v) is 3.67. The van der Waals surface area contributed by atoms with Crippen LogP contribution in [0.3, 0.4) is 0 Å². The topological polar surface area (TPSA) is 69.9 Å². The maximum Gasteiger partial charge on any atom is 0.0949 e. The first-order chi connectivity index (χ1) is 10.2. The van der Waals surface area contributed by atoms with Gasteiger partial charge < -0.3 is 16.0 Å². The van der Waals surface area contributed by atoms with Crippen LogP contribution in [0.25, 0.3) is 0 Å². The zero-order chi connectivity index (χ0) is 14.7. The van der Waals surface area contributed by atoms with E-state index in [0.717, 1.165) is 18.9 Å². The van der Waals surface area contributed by atoms with Crippen LogP contribution in [-0.4, -0.2) is 21.1 Å². The number of aromatic nitrogens is 2. The lowest BCUT2D eigenvalue weighted by molar-refractivity contribution is 0.274. The van der Waals surface area contributed by atoms with Gasteiger partial charge in [0, 0.05) is 25.0 Å². The van der Waals surface area contributed by atoms with Crippen molar-refractivity contribution in [2.24, 2.45) is 17.4 Å². The van der Waals surface area contributed by atoms with E-state index in [1.54, 1.807) is 6.20 Å². The third kappa shape index (κ3) is 3.44. The van der Waals surface area contributed by atoms with Gasteiger partial charge in [-0.15, -0.1) is 0 Å². The van der Waals surface area contributed by atoms with E-state index >= 15 is 0 Å². The third-order valence-electron chi connectivity index (χ3n) is 4.88. The Hall–Kier alpha value is -1.39. The molecule has 4 N–H and O–H groups in total. The highest BCUT2D eigenvalue weighted by atomic mass is 15.0. The average molecular weight is 286 g/mol. The van der Waals surface area contributed by atoms with Crippen LogP contribution in [0.2, 0.25) is 0 Å². The molecule has 0 aliphatic heterocycles. The summed E-state index contributed by atoms with van der Waals surface area (Å²) in [6.45, 7) is 0.812. The van der Waals surface area contributed by atoms with Crippen molar-refractivity contribution in [3.8, 4) is 0 Å².